The van der Waals surface area contributed by atoms with Crippen molar-refractivity contribution >= 4 is 0 Å². The quantitative estimate of drug-likeness (QED) is 0.786. The maximum absolute atomic E-state index is 10.6. The first-order valence-corrected chi connectivity index (χ1v) is 9.96. The highest BCUT2D eigenvalue weighted by Crippen LogP contribution is 2.35. The van der Waals surface area contributed by atoms with Crippen molar-refractivity contribution in [1.82, 2.24) is 15.2 Å². The van der Waals surface area contributed by atoms with Gasteiger partial charge in [-0.05, 0) is 58.2 Å². The maximum atomic E-state index is 10.6. The molecule has 2 aromatic rings. The molecular formula is C23H33N3O2. The molecule has 1 fully saturated rings. The Labute approximate surface area is 168 Å². The van der Waals surface area contributed by atoms with Crippen LogP contribution in [-0.4, -0.2) is 39.2 Å². The topological polar surface area (TPSA) is 57.6 Å². The first kappa shape index (κ1) is 20.6. The van der Waals surface area contributed by atoms with E-state index in [0.717, 1.165) is 24.9 Å². The van der Waals surface area contributed by atoms with Crippen LogP contribution in [0.1, 0.15) is 51.7 Å². The predicted octanol–water partition coefficient (Wildman–Crippen LogP) is 4.11. The number of aromatic nitrogens is 1. The molecule has 1 aromatic carbocycles. The molecule has 0 spiro atoms. The Morgan fingerprint density at radius 3 is 2.43 bits per heavy atom. The fourth-order valence-corrected chi connectivity index (χ4v) is 4.65. The molecule has 152 valence electrons. The van der Waals surface area contributed by atoms with E-state index in [0.29, 0.717) is 18.3 Å². The number of benzene rings is 1. The van der Waals surface area contributed by atoms with Crippen LogP contribution < -0.4 is 10.1 Å². The van der Waals surface area contributed by atoms with Gasteiger partial charge >= 0.3 is 0 Å². The number of hydrogen-bond donors (Lipinski definition) is 2. The summed E-state index contributed by atoms with van der Waals surface area (Å²) in [6.45, 7) is 10.5. The van der Waals surface area contributed by atoms with Crippen LogP contribution >= 0.6 is 0 Å². The second-order valence-corrected chi connectivity index (χ2v) is 9.19. The van der Waals surface area contributed by atoms with E-state index < -0.39 is 0 Å². The largest absolute Gasteiger partial charge is 0.504 e. The van der Waals surface area contributed by atoms with Gasteiger partial charge in [0.1, 0.15) is 0 Å². The van der Waals surface area contributed by atoms with Gasteiger partial charge in [-0.25, -0.2) is 0 Å². The van der Waals surface area contributed by atoms with Crippen LogP contribution in [-0.2, 0) is 13.1 Å². The van der Waals surface area contributed by atoms with Crippen molar-refractivity contribution in [3.8, 4) is 11.5 Å². The molecule has 1 aliphatic rings. The number of piperidine rings is 1. The molecule has 0 aliphatic carbocycles. The van der Waals surface area contributed by atoms with E-state index in [9.17, 15) is 5.11 Å². The average Bonchev–Trinajstić information content (AvgIpc) is 2.61. The predicted molar refractivity (Wildman–Crippen MR) is 112 cm³/mol. The highest BCUT2D eigenvalue weighted by molar-refractivity contribution is 5.45. The fraction of sp³-hybridized carbons (Fsp3) is 0.522. The lowest BCUT2D eigenvalue weighted by Crippen LogP contribution is -2.62. The van der Waals surface area contributed by atoms with Crippen molar-refractivity contribution in [2.75, 3.05) is 7.11 Å². The summed E-state index contributed by atoms with van der Waals surface area (Å²) < 4.78 is 5.31. The number of phenolic OH excluding ortho intramolecular Hbond substituents is 1. The molecule has 5 heteroatoms. The molecule has 0 unspecified atom stereocenters. The molecule has 1 aliphatic heterocycles. The lowest BCUT2D eigenvalue weighted by molar-refractivity contribution is 0.0558. The van der Waals surface area contributed by atoms with Gasteiger partial charge in [-0.1, -0.05) is 18.2 Å². The minimum Gasteiger partial charge on any atom is -0.504 e. The first-order chi connectivity index (χ1) is 13.2. The molecule has 0 atom stereocenters. The summed E-state index contributed by atoms with van der Waals surface area (Å²) in [6.07, 6.45) is 5.82. The lowest BCUT2D eigenvalue weighted by atomic mass is 9.78. The van der Waals surface area contributed by atoms with Gasteiger partial charge in [0, 0.05) is 48.2 Å². The van der Waals surface area contributed by atoms with Gasteiger partial charge in [-0.2, -0.15) is 0 Å². The zero-order chi connectivity index (χ0) is 20.4. The van der Waals surface area contributed by atoms with E-state index in [1.807, 2.05) is 24.4 Å². The number of rotatable bonds is 6. The lowest BCUT2D eigenvalue weighted by Gasteiger charge is -2.49. The summed E-state index contributed by atoms with van der Waals surface area (Å²) in [7, 11) is 1.59. The van der Waals surface area contributed by atoms with E-state index in [2.05, 4.69) is 49.0 Å². The number of ether oxygens (including phenoxy) is 1. The second-order valence-electron chi connectivity index (χ2n) is 9.19. The Morgan fingerprint density at radius 1 is 1.11 bits per heavy atom. The van der Waals surface area contributed by atoms with Gasteiger partial charge < -0.3 is 15.2 Å². The first-order valence-electron chi connectivity index (χ1n) is 9.96. The monoisotopic (exact) mass is 383 g/mol. The van der Waals surface area contributed by atoms with Gasteiger partial charge in [-0.15, -0.1) is 0 Å². The van der Waals surface area contributed by atoms with Crippen LogP contribution in [0.25, 0.3) is 0 Å². The van der Waals surface area contributed by atoms with Gasteiger partial charge in [-0.3, -0.25) is 9.88 Å². The number of aromatic hydroxyl groups is 1. The van der Waals surface area contributed by atoms with Crippen LogP contribution in [0.3, 0.4) is 0 Å². The highest BCUT2D eigenvalue weighted by atomic mass is 16.5. The molecule has 0 saturated carbocycles. The number of hydrogen-bond acceptors (Lipinski definition) is 5. The Kier molecular flexibility index (Phi) is 5.96. The third kappa shape index (κ3) is 5.03. The molecule has 0 radical (unpaired) electrons. The zero-order valence-electron chi connectivity index (χ0n) is 17.7. The molecule has 5 nitrogen and oxygen atoms in total. The Bertz CT molecular complexity index is 774. The number of pyridine rings is 1. The third-order valence-corrected chi connectivity index (χ3v) is 5.47. The Morgan fingerprint density at radius 2 is 1.82 bits per heavy atom. The molecule has 1 saturated heterocycles. The average molecular weight is 384 g/mol. The Balaban J connectivity index is 1.91. The van der Waals surface area contributed by atoms with Crippen molar-refractivity contribution in [3.05, 3.63) is 53.9 Å². The van der Waals surface area contributed by atoms with Crippen LogP contribution in [0.4, 0.5) is 0 Å². The van der Waals surface area contributed by atoms with E-state index >= 15 is 0 Å². The SMILES string of the molecule is COc1cccc(CN(Cc2cccnc2)C2CC(C)(C)NC(C)(C)C2)c1O. The molecule has 2 heterocycles. The third-order valence-electron chi connectivity index (χ3n) is 5.47. The summed E-state index contributed by atoms with van der Waals surface area (Å²) >= 11 is 0. The summed E-state index contributed by atoms with van der Waals surface area (Å²) in [5.74, 6) is 0.749. The highest BCUT2D eigenvalue weighted by Gasteiger charge is 2.40. The molecule has 0 amide bonds. The number of nitrogens with zero attached hydrogens (tertiary/aromatic N) is 2. The number of para-hydroxylation sites is 1. The normalized spacial score (nSPS) is 18.9. The Hall–Kier alpha value is -2.11. The molecule has 3 rings (SSSR count). The van der Waals surface area contributed by atoms with Gasteiger partial charge in [0.2, 0.25) is 0 Å². The number of phenols is 1. The van der Waals surface area contributed by atoms with Crippen LogP contribution in [0, 0.1) is 0 Å². The van der Waals surface area contributed by atoms with E-state index in [1.54, 1.807) is 19.4 Å². The van der Waals surface area contributed by atoms with E-state index in [4.69, 9.17) is 4.74 Å². The fourth-order valence-electron chi connectivity index (χ4n) is 4.65. The second kappa shape index (κ2) is 8.10. The molecule has 28 heavy (non-hydrogen) atoms. The summed E-state index contributed by atoms with van der Waals surface area (Å²) in [4.78, 5) is 6.75. The van der Waals surface area contributed by atoms with Crippen molar-refractivity contribution in [1.29, 1.82) is 0 Å². The van der Waals surface area contributed by atoms with Crippen molar-refractivity contribution in [2.24, 2.45) is 0 Å². The summed E-state index contributed by atoms with van der Waals surface area (Å²) in [6, 6.07) is 10.2. The molecular weight excluding hydrogens is 350 g/mol. The zero-order valence-corrected chi connectivity index (χ0v) is 17.7. The van der Waals surface area contributed by atoms with Crippen LogP contribution in [0.5, 0.6) is 11.5 Å². The van der Waals surface area contributed by atoms with Crippen molar-refractivity contribution < 1.29 is 9.84 Å². The smallest absolute Gasteiger partial charge is 0.162 e. The van der Waals surface area contributed by atoms with Gasteiger partial charge in [0.15, 0.2) is 11.5 Å². The minimum absolute atomic E-state index is 0.0516. The van der Waals surface area contributed by atoms with Crippen molar-refractivity contribution in [2.45, 2.75) is 70.7 Å². The van der Waals surface area contributed by atoms with Gasteiger partial charge in [0.05, 0.1) is 7.11 Å². The molecule has 2 N–H and O–H groups in total. The standard InChI is InChI=1S/C23H33N3O2/c1-22(2)12-19(13-23(3,4)25-22)26(15-17-8-7-11-24-14-17)16-18-9-6-10-20(28-5)21(18)27/h6-11,14,19,25,27H,12-13,15-16H2,1-5H3. The minimum atomic E-state index is 0.0516. The van der Waals surface area contributed by atoms with Crippen molar-refractivity contribution in [3.63, 3.8) is 0 Å². The van der Waals surface area contributed by atoms with E-state index in [1.165, 1.54) is 5.56 Å². The van der Waals surface area contributed by atoms with Crippen LogP contribution in [0.15, 0.2) is 42.7 Å². The molecule has 1 aromatic heterocycles. The van der Waals surface area contributed by atoms with E-state index in [-0.39, 0.29) is 16.8 Å². The number of methoxy groups -OCH3 is 1. The number of nitrogens with one attached hydrogen (secondary N) is 1. The molecule has 0 bridgehead atoms. The van der Waals surface area contributed by atoms with Gasteiger partial charge in [0.25, 0.3) is 0 Å². The summed E-state index contributed by atoms with van der Waals surface area (Å²) in [5.41, 5.74) is 2.17. The maximum Gasteiger partial charge on any atom is 0.162 e. The van der Waals surface area contributed by atoms with Crippen LogP contribution in [0.2, 0.25) is 0 Å². The summed E-state index contributed by atoms with van der Waals surface area (Å²) in [5, 5.41) is 14.4.